The first kappa shape index (κ1) is 49.0. The SMILES string of the molecule is C[C@@H]1O[C@@H](O[C@H]2[C@H](O[C@H]3[C@H](O[C@H]4CC[C@@]5(CO)[C@H](CC[C@]6(C)[C@H]5CC=C5[C@H]7CC(C)(C)C[C@@H](O)[C@]7(C)CC[C@]56C)C4(C)C)O[C@H](C(=O)O)[C@@H](O)[C@@H]3O)OC[C@@H](O)[C@@H]2O)[C@H](O)[C@H](O)[C@H]1O. The van der Waals surface area contributed by atoms with E-state index in [0.29, 0.717) is 12.8 Å². The van der Waals surface area contributed by atoms with E-state index < -0.39 is 116 Å². The second-order valence-electron chi connectivity index (χ2n) is 23.2. The van der Waals surface area contributed by atoms with Crippen LogP contribution in [0.5, 0.6) is 0 Å². The number of aliphatic hydroxyl groups is 9. The summed E-state index contributed by atoms with van der Waals surface area (Å²) in [5.41, 5.74) is -0.0886. The van der Waals surface area contributed by atoms with E-state index in [1.54, 1.807) is 0 Å². The topological polar surface area (TPSA) is 275 Å². The number of fused-ring (bicyclic) bond motifs is 7. The third-order valence-electron chi connectivity index (χ3n) is 19.0. The second-order valence-corrected chi connectivity index (χ2v) is 23.2. The fourth-order valence-corrected chi connectivity index (χ4v) is 14.8. The molecule has 0 aromatic heterocycles. The molecule has 0 radical (unpaired) electrons. The molecule has 0 aromatic rings. The van der Waals surface area contributed by atoms with Crippen LogP contribution >= 0.6 is 0 Å². The van der Waals surface area contributed by atoms with Crippen LogP contribution in [0.25, 0.3) is 0 Å². The van der Waals surface area contributed by atoms with Gasteiger partial charge in [-0.25, -0.2) is 4.79 Å². The molecule has 366 valence electrons. The van der Waals surface area contributed by atoms with E-state index in [-0.39, 0.29) is 52.1 Å². The number of carboxylic acid groups (broad SMARTS) is 1. The van der Waals surface area contributed by atoms with Gasteiger partial charge in [0.25, 0.3) is 0 Å². The molecule has 17 heteroatoms. The molecule has 0 bridgehead atoms. The lowest BCUT2D eigenvalue weighted by Gasteiger charge is -2.72. The van der Waals surface area contributed by atoms with E-state index in [0.717, 1.165) is 44.9 Å². The first-order valence-corrected chi connectivity index (χ1v) is 23.7. The van der Waals surface area contributed by atoms with Gasteiger partial charge in [0.1, 0.15) is 54.9 Å². The third kappa shape index (κ3) is 7.49. The van der Waals surface area contributed by atoms with Crippen LogP contribution in [0.1, 0.15) is 113 Å². The molecule has 3 aliphatic heterocycles. The number of aliphatic carboxylic acids is 1. The Hall–Kier alpha value is -1.39. The number of ether oxygens (including phenoxy) is 6. The lowest BCUT2D eigenvalue weighted by atomic mass is 9.33. The highest BCUT2D eigenvalue weighted by Gasteiger charge is 2.70. The zero-order chi connectivity index (χ0) is 46.9. The summed E-state index contributed by atoms with van der Waals surface area (Å²) in [6.45, 7) is 16.8. The van der Waals surface area contributed by atoms with E-state index in [1.807, 2.05) is 0 Å². The highest BCUT2D eigenvalue weighted by atomic mass is 16.8. The minimum Gasteiger partial charge on any atom is -0.479 e. The zero-order valence-corrected chi connectivity index (χ0v) is 38.7. The predicted octanol–water partition coefficient (Wildman–Crippen LogP) is 1.34. The van der Waals surface area contributed by atoms with Crippen LogP contribution in [0.4, 0.5) is 0 Å². The first-order chi connectivity index (χ1) is 29.8. The Labute approximate surface area is 376 Å². The van der Waals surface area contributed by atoms with Gasteiger partial charge in [-0.05, 0) is 104 Å². The number of hydrogen-bond acceptors (Lipinski definition) is 16. The Morgan fingerprint density at radius 3 is 2.06 bits per heavy atom. The molecular formula is C47H76O17. The number of hydrogen-bond donors (Lipinski definition) is 10. The van der Waals surface area contributed by atoms with Gasteiger partial charge < -0.3 is 79.5 Å². The van der Waals surface area contributed by atoms with E-state index >= 15 is 0 Å². The van der Waals surface area contributed by atoms with Crippen molar-refractivity contribution in [1.29, 1.82) is 0 Å². The summed E-state index contributed by atoms with van der Waals surface area (Å²) in [5, 5.41) is 109. The fraction of sp³-hybridized carbons (Fsp3) is 0.936. The van der Waals surface area contributed by atoms with E-state index in [9.17, 15) is 55.9 Å². The van der Waals surface area contributed by atoms with Crippen molar-refractivity contribution in [2.24, 2.45) is 50.2 Å². The van der Waals surface area contributed by atoms with Crippen molar-refractivity contribution < 1.29 is 84.3 Å². The van der Waals surface area contributed by atoms with E-state index in [2.05, 4.69) is 54.5 Å². The number of carbonyl (C=O) groups is 1. The Bertz CT molecular complexity index is 1760. The summed E-state index contributed by atoms with van der Waals surface area (Å²) in [6.07, 6.45) is -14.5. The number of rotatable bonds is 8. The standard InChI is InChI=1S/C47H76O17/c1-21-29(51)31(53)34(56)39(60-21)63-36-30(52)24(49)19-59-40(36)64-37-33(55)32(54)35(38(57)58)62-41(37)61-28-12-14-47(20-48)25(43(28,4)5)11-13-46(8)26(47)10-9-22-23-17-42(2,3)18-27(50)44(23,6)15-16-45(22,46)7/h9,21,23-37,39-41,48-56H,10-20H2,1-8H3,(H,57,58)/t21-,23+,24+,25+,26+,27+,28-,29-,30-,31+,32-,33-,34+,35-,36+,37+,39-,40-,41+,44+,45+,46+,47+/m0/s1. The fourth-order valence-electron chi connectivity index (χ4n) is 14.8. The molecule has 23 atom stereocenters. The molecule has 3 saturated heterocycles. The maximum atomic E-state index is 12.4. The van der Waals surface area contributed by atoms with Crippen molar-refractivity contribution in [3.63, 3.8) is 0 Å². The summed E-state index contributed by atoms with van der Waals surface area (Å²) in [7, 11) is 0. The summed E-state index contributed by atoms with van der Waals surface area (Å²) < 4.78 is 36.1. The zero-order valence-electron chi connectivity index (χ0n) is 38.7. The van der Waals surface area contributed by atoms with Crippen molar-refractivity contribution >= 4 is 5.97 Å². The van der Waals surface area contributed by atoms with Gasteiger partial charge in [-0.15, -0.1) is 0 Å². The van der Waals surface area contributed by atoms with Crippen molar-refractivity contribution in [3.8, 4) is 0 Å². The highest BCUT2D eigenvalue weighted by molar-refractivity contribution is 5.73. The first-order valence-electron chi connectivity index (χ1n) is 23.7. The minimum atomic E-state index is -1.99. The maximum Gasteiger partial charge on any atom is 0.335 e. The van der Waals surface area contributed by atoms with Crippen LogP contribution in [-0.2, 0) is 33.2 Å². The van der Waals surface area contributed by atoms with E-state index in [1.165, 1.54) is 12.5 Å². The summed E-state index contributed by atoms with van der Waals surface area (Å²) in [4.78, 5) is 12.4. The Morgan fingerprint density at radius 1 is 0.719 bits per heavy atom. The molecule has 8 rings (SSSR count). The highest BCUT2D eigenvalue weighted by Crippen LogP contribution is 2.76. The van der Waals surface area contributed by atoms with Crippen molar-refractivity contribution in [3.05, 3.63) is 11.6 Å². The molecule has 0 unspecified atom stereocenters. The third-order valence-corrected chi connectivity index (χ3v) is 19.0. The Morgan fingerprint density at radius 2 is 1.39 bits per heavy atom. The lowest BCUT2D eigenvalue weighted by Crippen LogP contribution is -2.68. The molecule has 7 fully saturated rings. The molecule has 3 heterocycles. The number of carboxylic acids is 1. The van der Waals surface area contributed by atoms with Gasteiger partial charge in [0.2, 0.25) is 0 Å². The van der Waals surface area contributed by atoms with Gasteiger partial charge in [-0.2, -0.15) is 0 Å². The van der Waals surface area contributed by atoms with Crippen molar-refractivity contribution in [2.75, 3.05) is 13.2 Å². The average molecular weight is 913 g/mol. The van der Waals surface area contributed by atoms with Crippen LogP contribution < -0.4 is 0 Å². The largest absolute Gasteiger partial charge is 0.479 e. The van der Waals surface area contributed by atoms with Gasteiger partial charge >= 0.3 is 5.97 Å². The van der Waals surface area contributed by atoms with Gasteiger partial charge in [-0.1, -0.05) is 60.1 Å². The predicted molar refractivity (Wildman–Crippen MR) is 225 cm³/mol. The van der Waals surface area contributed by atoms with Gasteiger partial charge in [0, 0.05) is 17.4 Å². The molecule has 17 nitrogen and oxygen atoms in total. The molecular weight excluding hydrogens is 837 g/mol. The summed E-state index contributed by atoms with van der Waals surface area (Å²) in [6, 6.07) is 0. The quantitative estimate of drug-likeness (QED) is 0.122. The van der Waals surface area contributed by atoms with Crippen LogP contribution in [0.3, 0.4) is 0 Å². The summed E-state index contributed by atoms with van der Waals surface area (Å²) in [5.74, 6) is -1.19. The maximum absolute atomic E-state index is 12.4. The van der Waals surface area contributed by atoms with Gasteiger partial charge in [-0.3, -0.25) is 0 Å². The van der Waals surface area contributed by atoms with Gasteiger partial charge in [0.15, 0.2) is 25.0 Å². The normalized spacial score (nSPS) is 54.6. The minimum absolute atomic E-state index is 0.0161. The monoisotopic (exact) mass is 913 g/mol. The van der Waals surface area contributed by atoms with Crippen molar-refractivity contribution in [2.45, 2.75) is 211 Å². The molecule has 8 aliphatic rings. The molecule has 0 amide bonds. The average Bonchev–Trinajstić information content (AvgIpc) is 3.22. The molecule has 10 N–H and O–H groups in total. The molecule has 64 heavy (non-hydrogen) atoms. The number of allylic oxidation sites excluding steroid dienone is 2. The molecule has 0 spiro atoms. The summed E-state index contributed by atoms with van der Waals surface area (Å²) >= 11 is 0. The van der Waals surface area contributed by atoms with Crippen LogP contribution in [-0.4, -0.2) is 168 Å². The number of aliphatic hydroxyl groups excluding tert-OH is 9. The Kier molecular flexibility index (Phi) is 13.0. The molecule has 4 saturated carbocycles. The second kappa shape index (κ2) is 16.9. The smallest absolute Gasteiger partial charge is 0.335 e. The molecule has 0 aromatic carbocycles. The Balaban J connectivity index is 1.06. The van der Waals surface area contributed by atoms with Crippen LogP contribution in [0.15, 0.2) is 11.6 Å². The van der Waals surface area contributed by atoms with Crippen LogP contribution in [0.2, 0.25) is 0 Å². The van der Waals surface area contributed by atoms with Crippen molar-refractivity contribution in [1.82, 2.24) is 0 Å². The lowest BCUT2D eigenvalue weighted by molar-refractivity contribution is -0.386. The van der Waals surface area contributed by atoms with Crippen LogP contribution in [0, 0.1) is 50.2 Å². The van der Waals surface area contributed by atoms with Gasteiger partial charge in [0.05, 0.1) is 24.9 Å². The molecule has 5 aliphatic carbocycles. The van der Waals surface area contributed by atoms with E-state index in [4.69, 9.17) is 28.4 Å².